The van der Waals surface area contributed by atoms with Crippen LogP contribution in [0, 0.1) is 5.92 Å². The fourth-order valence-corrected chi connectivity index (χ4v) is 7.30. The Morgan fingerprint density at radius 2 is 1.81 bits per heavy atom. The minimum absolute atomic E-state index is 0.109. The number of hydrogen-bond donors (Lipinski definition) is 1. The van der Waals surface area contributed by atoms with Crippen molar-refractivity contribution in [1.82, 2.24) is 19.2 Å². The summed E-state index contributed by atoms with van der Waals surface area (Å²) in [5.74, 6) is 0.843. The minimum atomic E-state index is -3.03. The average Bonchev–Trinajstić information content (AvgIpc) is 3.39. The Morgan fingerprint density at radius 1 is 1.06 bits per heavy atom. The molecule has 2 saturated carbocycles. The minimum Gasteiger partial charge on any atom is -0.349 e. The molecule has 0 atom stereocenters. The molecule has 9 heteroatoms. The number of amides is 1. The molecular weight excluding hydrogens is 414 g/mol. The summed E-state index contributed by atoms with van der Waals surface area (Å²) in [6.45, 7) is 2.00. The normalized spacial score (nSPS) is 29.0. The fourth-order valence-electron chi connectivity index (χ4n) is 5.70. The van der Waals surface area contributed by atoms with Crippen LogP contribution in [0.5, 0.6) is 0 Å². The largest absolute Gasteiger partial charge is 0.349 e. The lowest BCUT2D eigenvalue weighted by Crippen LogP contribution is -2.52. The Balaban J connectivity index is 1.25. The molecule has 166 valence electrons. The number of carbonyl (C=O) groups excluding carboxylic acids is 1. The smallest absolute Gasteiger partial charge is 0.259 e. The first-order valence-corrected chi connectivity index (χ1v) is 13.1. The van der Waals surface area contributed by atoms with E-state index in [-0.39, 0.29) is 5.91 Å². The Morgan fingerprint density at radius 3 is 2.52 bits per heavy atom. The molecule has 31 heavy (non-hydrogen) atoms. The van der Waals surface area contributed by atoms with E-state index in [0.29, 0.717) is 43.5 Å². The predicted octanol–water partition coefficient (Wildman–Crippen LogP) is 2.54. The molecule has 0 bridgehead atoms. The van der Waals surface area contributed by atoms with Crippen molar-refractivity contribution in [3.8, 4) is 0 Å². The highest BCUT2D eigenvalue weighted by Crippen LogP contribution is 2.41. The lowest BCUT2D eigenvalue weighted by molar-refractivity contribution is 0.0718. The molecule has 0 spiro atoms. The van der Waals surface area contributed by atoms with Crippen LogP contribution in [0.2, 0.25) is 0 Å². The third-order valence-electron chi connectivity index (χ3n) is 7.55. The second kappa shape index (κ2) is 7.20. The predicted molar refractivity (Wildman–Crippen MR) is 118 cm³/mol. The van der Waals surface area contributed by atoms with Gasteiger partial charge < -0.3 is 14.8 Å². The molecule has 2 aromatic rings. The third kappa shape index (κ3) is 3.33. The van der Waals surface area contributed by atoms with Crippen molar-refractivity contribution in [2.45, 2.75) is 57.0 Å². The van der Waals surface area contributed by atoms with Crippen molar-refractivity contribution < 1.29 is 13.2 Å². The molecule has 0 aromatic carbocycles. The summed E-state index contributed by atoms with van der Waals surface area (Å²) in [5, 5.41) is 1.02. The third-order valence-corrected chi connectivity index (χ3v) is 9.47. The topological polar surface area (TPSA) is 89.6 Å². The molecule has 1 N–H and O–H groups in total. The number of sulfonamides is 1. The molecule has 6 rings (SSSR count). The van der Waals surface area contributed by atoms with Crippen LogP contribution in [-0.2, 0) is 10.0 Å². The number of nitrogens with one attached hydrogen (secondary N) is 1. The zero-order valence-electron chi connectivity index (χ0n) is 17.7. The molecule has 2 aliphatic heterocycles. The van der Waals surface area contributed by atoms with Gasteiger partial charge in [0.2, 0.25) is 10.0 Å². The van der Waals surface area contributed by atoms with Gasteiger partial charge in [-0.3, -0.25) is 4.79 Å². The van der Waals surface area contributed by atoms with E-state index in [0.717, 1.165) is 67.2 Å². The van der Waals surface area contributed by atoms with E-state index in [1.807, 2.05) is 17.2 Å². The lowest BCUT2D eigenvalue weighted by atomic mass is 9.84. The summed E-state index contributed by atoms with van der Waals surface area (Å²) in [5.41, 5.74) is 2.57. The van der Waals surface area contributed by atoms with Crippen LogP contribution >= 0.6 is 0 Å². The van der Waals surface area contributed by atoms with Crippen LogP contribution in [0.3, 0.4) is 0 Å². The molecule has 1 saturated heterocycles. The van der Waals surface area contributed by atoms with E-state index in [9.17, 15) is 13.2 Å². The summed E-state index contributed by atoms with van der Waals surface area (Å²) >= 11 is 0. The number of H-pyrrole nitrogens is 1. The number of fused-ring (bicyclic) bond motifs is 3. The molecule has 0 unspecified atom stereocenters. The quantitative estimate of drug-likeness (QED) is 0.784. The Kier molecular flexibility index (Phi) is 4.54. The van der Waals surface area contributed by atoms with Gasteiger partial charge in [0.15, 0.2) is 0 Å². The van der Waals surface area contributed by atoms with E-state index in [2.05, 4.69) is 14.9 Å². The van der Waals surface area contributed by atoms with Gasteiger partial charge in [-0.1, -0.05) is 0 Å². The maximum absolute atomic E-state index is 13.2. The molecule has 4 aliphatic rings. The summed E-state index contributed by atoms with van der Waals surface area (Å²) < 4.78 is 26.1. The second-order valence-electron chi connectivity index (χ2n) is 9.58. The highest BCUT2D eigenvalue weighted by molar-refractivity contribution is 7.89. The maximum atomic E-state index is 13.2. The SMILES string of the molecule is O=C1c2cnc3[nH]ccc3c2N(C2CCC(CN3CCCS3(=O)=O)CC2)CN1C1CC1. The number of pyridine rings is 1. The Hall–Kier alpha value is -2.13. The van der Waals surface area contributed by atoms with Crippen LogP contribution in [-0.4, -0.2) is 71.1 Å². The number of carbonyl (C=O) groups is 1. The highest BCUT2D eigenvalue weighted by atomic mass is 32.2. The molecule has 2 aliphatic carbocycles. The summed E-state index contributed by atoms with van der Waals surface area (Å²) in [6.07, 6.45) is 10.7. The van der Waals surface area contributed by atoms with Gasteiger partial charge in [0.05, 0.1) is 23.7 Å². The van der Waals surface area contributed by atoms with Gasteiger partial charge in [-0.25, -0.2) is 17.7 Å². The van der Waals surface area contributed by atoms with Crippen LogP contribution in [0.4, 0.5) is 5.69 Å². The molecule has 1 amide bonds. The zero-order chi connectivity index (χ0) is 21.2. The number of aromatic amines is 1. The number of anilines is 1. The van der Waals surface area contributed by atoms with Crippen molar-refractivity contribution in [3.05, 3.63) is 24.0 Å². The van der Waals surface area contributed by atoms with Crippen LogP contribution < -0.4 is 4.90 Å². The Bertz CT molecular complexity index is 1120. The summed E-state index contributed by atoms with van der Waals surface area (Å²) in [7, 11) is -3.03. The summed E-state index contributed by atoms with van der Waals surface area (Å²) in [6, 6.07) is 2.75. The second-order valence-corrected chi connectivity index (χ2v) is 11.7. The molecular formula is C22H29N5O3S. The van der Waals surface area contributed by atoms with Crippen molar-refractivity contribution in [2.75, 3.05) is 30.4 Å². The number of aromatic nitrogens is 2. The van der Waals surface area contributed by atoms with Crippen molar-refractivity contribution in [2.24, 2.45) is 5.92 Å². The first-order chi connectivity index (χ1) is 15.0. The van der Waals surface area contributed by atoms with Crippen molar-refractivity contribution in [1.29, 1.82) is 0 Å². The van der Waals surface area contributed by atoms with Crippen LogP contribution in [0.15, 0.2) is 18.5 Å². The first kappa shape index (κ1) is 19.5. The standard InChI is InChI=1S/C22H29N5O3S/c28-22-19-12-24-21-18(8-9-23-21)20(19)26(14-27(22)17-6-7-17)16-4-2-15(3-5-16)13-25-10-1-11-31(25,29)30/h8-9,12,15-17H,1-7,10-11,13-14H2,(H,23,24). The van der Waals surface area contributed by atoms with Crippen LogP contribution in [0.1, 0.15) is 55.3 Å². The zero-order valence-corrected chi connectivity index (χ0v) is 18.5. The number of hydrogen-bond acceptors (Lipinski definition) is 5. The first-order valence-electron chi connectivity index (χ1n) is 11.5. The Labute approximate surface area is 182 Å². The van der Waals surface area contributed by atoms with Gasteiger partial charge in [0, 0.05) is 43.0 Å². The highest BCUT2D eigenvalue weighted by Gasteiger charge is 2.42. The monoisotopic (exact) mass is 443 g/mol. The molecule has 0 radical (unpaired) electrons. The van der Waals surface area contributed by atoms with Crippen molar-refractivity contribution >= 4 is 32.7 Å². The van der Waals surface area contributed by atoms with Gasteiger partial charge >= 0.3 is 0 Å². The van der Waals surface area contributed by atoms with E-state index in [1.165, 1.54) is 0 Å². The van der Waals surface area contributed by atoms with E-state index in [1.54, 1.807) is 10.5 Å². The lowest BCUT2D eigenvalue weighted by Gasteiger charge is -2.45. The number of nitrogens with zero attached hydrogens (tertiary/aromatic N) is 4. The molecule has 4 heterocycles. The average molecular weight is 444 g/mol. The molecule has 2 aromatic heterocycles. The van der Waals surface area contributed by atoms with E-state index in [4.69, 9.17) is 0 Å². The van der Waals surface area contributed by atoms with Crippen LogP contribution in [0.25, 0.3) is 11.0 Å². The van der Waals surface area contributed by atoms with Gasteiger partial charge in [-0.15, -0.1) is 0 Å². The molecule has 8 nitrogen and oxygen atoms in total. The maximum Gasteiger partial charge on any atom is 0.259 e. The van der Waals surface area contributed by atoms with Gasteiger partial charge in [-0.2, -0.15) is 0 Å². The summed E-state index contributed by atoms with van der Waals surface area (Å²) in [4.78, 5) is 25.3. The van der Waals surface area contributed by atoms with Gasteiger partial charge in [0.25, 0.3) is 5.91 Å². The van der Waals surface area contributed by atoms with E-state index < -0.39 is 10.0 Å². The van der Waals surface area contributed by atoms with Gasteiger partial charge in [0.1, 0.15) is 5.65 Å². The van der Waals surface area contributed by atoms with Crippen molar-refractivity contribution in [3.63, 3.8) is 0 Å². The molecule has 3 fully saturated rings. The van der Waals surface area contributed by atoms with Gasteiger partial charge in [-0.05, 0) is 56.9 Å². The fraction of sp³-hybridized carbons (Fsp3) is 0.636. The van der Waals surface area contributed by atoms with E-state index >= 15 is 0 Å². The number of rotatable bonds is 4.